The van der Waals surface area contributed by atoms with Gasteiger partial charge in [0.05, 0.1) is 6.10 Å². The molecule has 1 amide bonds. The molecule has 4 nitrogen and oxygen atoms in total. The van der Waals surface area contributed by atoms with E-state index in [1.165, 1.54) is 57.8 Å². The van der Waals surface area contributed by atoms with Gasteiger partial charge in [-0.3, -0.25) is 0 Å². The minimum atomic E-state index is -0.409. The smallest absolute Gasteiger partial charge is 0.407 e. The largest absolute Gasteiger partial charge is 0.443 e. The maximum Gasteiger partial charge on any atom is 0.407 e. The lowest BCUT2D eigenvalue weighted by atomic mass is 9.46. The van der Waals surface area contributed by atoms with E-state index in [1.54, 1.807) is 5.57 Å². The summed E-state index contributed by atoms with van der Waals surface area (Å²) in [4.78, 5) is 13.1. The molecular weight excluding hydrogens is 470 g/mol. The van der Waals surface area contributed by atoms with Gasteiger partial charge in [0.1, 0.15) is 5.60 Å². The van der Waals surface area contributed by atoms with Crippen LogP contribution < -0.4 is 5.32 Å². The number of hydrogen-bond acceptors (Lipinski definition) is 3. The van der Waals surface area contributed by atoms with Crippen molar-refractivity contribution in [1.29, 1.82) is 0 Å². The third kappa shape index (κ3) is 6.01. The lowest BCUT2D eigenvalue weighted by Gasteiger charge is -2.59. The van der Waals surface area contributed by atoms with Crippen LogP contribution in [-0.4, -0.2) is 29.4 Å². The van der Waals surface area contributed by atoms with Crippen molar-refractivity contribution in [2.24, 2.45) is 40.4 Å². The summed E-state index contributed by atoms with van der Waals surface area (Å²) in [7, 11) is 0. The molecule has 0 aromatic carbocycles. The summed E-state index contributed by atoms with van der Waals surface area (Å²) in [5.74, 6) is 3.27. The number of unbranched alkanes of at least 4 members (excludes halogenated alkanes) is 3. The molecule has 2 N–H and O–H groups in total. The molecule has 0 unspecified atom stereocenters. The first-order valence-electron chi connectivity index (χ1n) is 16.4. The second kappa shape index (κ2) is 12.2. The average Bonchev–Trinajstić information content (AvgIpc) is 3.22. The Morgan fingerprint density at radius 2 is 1.89 bits per heavy atom. The maximum atomic E-state index is 13.1. The molecule has 8 atom stereocenters. The van der Waals surface area contributed by atoms with Gasteiger partial charge >= 0.3 is 6.09 Å². The van der Waals surface area contributed by atoms with Gasteiger partial charge in [0.25, 0.3) is 0 Å². The molecule has 0 aliphatic heterocycles. The molecule has 218 valence electrons. The standard InChI is InChI=1S/C34H59NO3/c1-7-8-9-10-22-35-31(37)38-34(6,19-11-12-24(2)3)30-16-15-28-27-14-13-25-23-26(36)17-20-32(25,4)29(27)18-21-33(28,30)5/h13,24,26-30,36H,7-12,14-23H2,1-6H3,(H,35,37)/t26-,27-,28-,29-,30-,32-,33-,34-/m0/s1. The van der Waals surface area contributed by atoms with Crippen molar-refractivity contribution in [2.45, 2.75) is 150 Å². The van der Waals surface area contributed by atoms with E-state index in [0.29, 0.717) is 17.8 Å². The molecule has 0 saturated heterocycles. The Labute approximate surface area is 234 Å². The van der Waals surface area contributed by atoms with Gasteiger partial charge in [-0.05, 0) is 112 Å². The van der Waals surface area contributed by atoms with Crippen LogP contribution in [0, 0.1) is 40.4 Å². The van der Waals surface area contributed by atoms with Crippen LogP contribution in [0.3, 0.4) is 0 Å². The van der Waals surface area contributed by atoms with E-state index in [2.05, 4.69) is 52.9 Å². The summed E-state index contributed by atoms with van der Waals surface area (Å²) in [6.45, 7) is 14.9. The lowest BCUT2D eigenvalue weighted by molar-refractivity contribution is -0.108. The van der Waals surface area contributed by atoms with Crippen LogP contribution in [0.4, 0.5) is 4.79 Å². The van der Waals surface area contributed by atoms with Crippen molar-refractivity contribution in [3.63, 3.8) is 0 Å². The second-order valence-electron chi connectivity index (χ2n) is 14.8. The van der Waals surface area contributed by atoms with Gasteiger partial charge in [0.2, 0.25) is 0 Å². The van der Waals surface area contributed by atoms with Gasteiger partial charge < -0.3 is 15.2 Å². The van der Waals surface area contributed by atoms with Crippen molar-refractivity contribution in [1.82, 2.24) is 5.32 Å². The minimum absolute atomic E-state index is 0.142. The highest BCUT2D eigenvalue weighted by Crippen LogP contribution is 2.68. The van der Waals surface area contributed by atoms with Crippen LogP contribution >= 0.6 is 0 Å². The third-order valence-electron chi connectivity index (χ3n) is 11.9. The Morgan fingerprint density at radius 3 is 2.63 bits per heavy atom. The minimum Gasteiger partial charge on any atom is -0.443 e. The highest BCUT2D eigenvalue weighted by atomic mass is 16.6. The number of ether oxygens (including phenoxy) is 1. The normalized spacial score (nSPS) is 38.0. The second-order valence-corrected chi connectivity index (χ2v) is 14.8. The molecule has 0 aromatic rings. The molecule has 0 radical (unpaired) electrons. The maximum absolute atomic E-state index is 13.1. The van der Waals surface area contributed by atoms with Crippen molar-refractivity contribution in [3.8, 4) is 0 Å². The topological polar surface area (TPSA) is 58.6 Å². The van der Waals surface area contributed by atoms with Crippen LogP contribution in [0.2, 0.25) is 0 Å². The molecule has 0 spiro atoms. The molecule has 0 heterocycles. The number of alkyl carbamates (subject to hydrolysis) is 1. The number of rotatable bonds is 11. The number of amides is 1. The molecule has 4 heteroatoms. The van der Waals surface area contributed by atoms with Crippen molar-refractivity contribution in [2.75, 3.05) is 6.54 Å². The Kier molecular flexibility index (Phi) is 9.64. The number of allylic oxidation sites excluding steroid dienone is 1. The van der Waals surface area contributed by atoms with Crippen molar-refractivity contribution < 1.29 is 14.6 Å². The highest BCUT2D eigenvalue weighted by Gasteiger charge is 2.62. The molecule has 0 aromatic heterocycles. The summed E-state index contributed by atoms with van der Waals surface area (Å²) in [5, 5.41) is 13.5. The van der Waals surface area contributed by atoms with Crippen LogP contribution in [0.15, 0.2) is 11.6 Å². The van der Waals surface area contributed by atoms with Gasteiger partial charge in [-0.1, -0.05) is 72.0 Å². The Morgan fingerprint density at radius 1 is 1.11 bits per heavy atom. The average molecular weight is 530 g/mol. The zero-order valence-electron chi connectivity index (χ0n) is 25.6. The number of fused-ring (bicyclic) bond motifs is 5. The zero-order chi connectivity index (χ0) is 27.6. The van der Waals surface area contributed by atoms with Gasteiger partial charge in [-0.25, -0.2) is 4.79 Å². The number of aliphatic hydroxyl groups is 1. The van der Waals surface area contributed by atoms with E-state index in [1.807, 2.05) is 0 Å². The highest BCUT2D eigenvalue weighted by molar-refractivity contribution is 5.67. The number of nitrogens with one attached hydrogen (secondary N) is 1. The van der Waals surface area contributed by atoms with Crippen LogP contribution in [0.5, 0.6) is 0 Å². The molecule has 3 saturated carbocycles. The Balaban J connectivity index is 1.50. The monoisotopic (exact) mass is 529 g/mol. The first-order valence-corrected chi connectivity index (χ1v) is 16.4. The van der Waals surface area contributed by atoms with Gasteiger partial charge in [-0.2, -0.15) is 0 Å². The summed E-state index contributed by atoms with van der Waals surface area (Å²) < 4.78 is 6.49. The van der Waals surface area contributed by atoms with E-state index < -0.39 is 5.60 Å². The zero-order valence-corrected chi connectivity index (χ0v) is 25.6. The summed E-state index contributed by atoms with van der Waals surface area (Å²) in [5.41, 5.74) is 1.64. The number of carbonyl (C=O) groups excluding carboxylic acids is 1. The molecule has 4 rings (SSSR count). The van der Waals surface area contributed by atoms with Crippen LogP contribution in [0.25, 0.3) is 0 Å². The number of aliphatic hydroxyl groups excluding tert-OH is 1. The van der Waals surface area contributed by atoms with Gasteiger partial charge in [0, 0.05) is 12.5 Å². The summed E-state index contributed by atoms with van der Waals surface area (Å²) in [6, 6.07) is 0. The van der Waals surface area contributed by atoms with E-state index in [-0.39, 0.29) is 23.0 Å². The predicted octanol–water partition coefficient (Wildman–Crippen LogP) is 8.82. The van der Waals surface area contributed by atoms with E-state index >= 15 is 0 Å². The van der Waals surface area contributed by atoms with Crippen LogP contribution in [0.1, 0.15) is 138 Å². The molecular formula is C34H59NO3. The lowest BCUT2D eigenvalue weighted by Crippen LogP contribution is -2.54. The molecule has 3 fully saturated rings. The van der Waals surface area contributed by atoms with Gasteiger partial charge in [0.15, 0.2) is 0 Å². The Hall–Kier alpha value is -1.03. The fraction of sp³-hybridized carbons (Fsp3) is 0.912. The number of carbonyl (C=O) groups is 1. The third-order valence-corrected chi connectivity index (χ3v) is 11.9. The quantitative estimate of drug-likeness (QED) is 0.208. The van der Waals surface area contributed by atoms with E-state index in [0.717, 1.165) is 56.9 Å². The van der Waals surface area contributed by atoms with Crippen LogP contribution in [-0.2, 0) is 4.74 Å². The molecule has 4 aliphatic carbocycles. The molecule has 4 aliphatic rings. The Bertz CT molecular complexity index is 838. The van der Waals surface area contributed by atoms with Crippen molar-refractivity contribution in [3.05, 3.63) is 11.6 Å². The van der Waals surface area contributed by atoms with E-state index in [9.17, 15) is 9.90 Å². The number of hydrogen-bond donors (Lipinski definition) is 2. The fourth-order valence-corrected chi connectivity index (χ4v) is 9.79. The SMILES string of the molecule is CCCCCCNC(=O)O[C@@](C)(CCCC(C)C)[C@H]1CC[C@H]2[C@@H]3CC=C4C[C@@H](O)CC[C@]4(C)[C@H]3CC[C@@]21C. The fourth-order valence-electron chi connectivity index (χ4n) is 9.79. The molecule has 38 heavy (non-hydrogen) atoms. The van der Waals surface area contributed by atoms with E-state index in [4.69, 9.17) is 4.74 Å². The summed E-state index contributed by atoms with van der Waals surface area (Å²) in [6.07, 6.45) is 19.2. The molecule has 0 bridgehead atoms. The summed E-state index contributed by atoms with van der Waals surface area (Å²) >= 11 is 0. The predicted molar refractivity (Wildman–Crippen MR) is 157 cm³/mol. The van der Waals surface area contributed by atoms with Gasteiger partial charge in [-0.15, -0.1) is 0 Å². The van der Waals surface area contributed by atoms with Crippen molar-refractivity contribution >= 4 is 6.09 Å². The first kappa shape index (κ1) is 29.9. The first-order chi connectivity index (χ1) is 18.0.